The normalized spacial score (nSPS) is 15.4. The number of carbonyl (C=O) groups excluding carboxylic acids is 1. The molecule has 1 aromatic carbocycles. The Morgan fingerprint density at radius 3 is 2.75 bits per heavy atom. The lowest BCUT2D eigenvalue weighted by atomic mass is 10.0. The summed E-state index contributed by atoms with van der Waals surface area (Å²) in [5.74, 6) is -0.219. The Labute approximate surface area is 127 Å². The Hall–Kier alpha value is -1.39. The van der Waals surface area contributed by atoms with Crippen LogP contribution in [0, 0.1) is 0 Å². The summed E-state index contributed by atoms with van der Waals surface area (Å²) in [6, 6.07) is 9.36. The quantitative estimate of drug-likeness (QED) is 0.873. The minimum atomic E-state index is -0.683. The summed E-state index contributed by atoms with van der Waals surface area (Å²) in [5, 5.41) is 2.82. The molecule has 1 amide bonds. The van der Waals surface area contributed by atoms with Gasteiger partial charge in [0.05, 0.1) is 5.69 Å². The maximum Gasteiger partial charge on any atom is 0.248 e. The molecule has 0 saturated heterocycles. The first-order chi connectivity index (χ1) is 9.74. The van der Waals surface area contributed by atoms with Crippen molar-refractivity contribution in [2.75, 3.05) is 5.32 Å². The fraction of sp³-hybridized carbons (Fsp3) is 0.333. The number of carbonyl (C=O) groups is 1. The third-order valence-electron chi connectivity index (χ3n) is 3.40. The standard InChI is InChI=1S/C15H15ClN2OS/c16-13(10-6-2-1-3-7-10)14(19)18-15-17-11-8-4-5-9-12(11)20-15/h1-3,6-7,13H,4-5,8-9H2,(H,17,18,19). The Bertz CT molecular complexity index is 588. The van der Waals surface area contributed by atoms with E-state index in [0.29, 0.717) is 5.13 Å². The zero-order valence-electron chi connectivity index (χ0n) is 10.9. The Balaban J connectivity index is 1.71. The van der Waals surface area contributed by atoms with Crippen LogP contribution in [0.15, 0.2) is 30.3 Å². The molecular weight excluding hydrogens is 292 g/mol. The number of benzene rings is 1. The molecule has 0 bridgehead atoms. The van der Waals surface area contributed by atoms with E-state index in [1.807, 2.05) is 30.3 Å². The molecule has 3 rings (SSSR count). The van der Waals surface area contributed by atoms with Gasteiger partial charge in [0.2, 0.25) is 5.91 Å². The number of hydrogen-bond donors (Lipinski definition) is 1. The van der Waals surface area contributed by atoms with Crippen LogP contribution in [0.2, 0.25) is 0 Å². The van der Waals surface area contributed by atoms with Crippen molar-refractivity contribution in [3.63, 3.8) is 0 Å². The van der Waals surface area contributed by atoms with Crippen LogP contribution in [-0.4, -0.2) is 10.9 Å². The van der Waals surface area contributed by atoms with Crippen molar-refractivity contribution in [3.05, 3.63) is 46.5 Å². The third kappa shape index (κ3) is 2.86. The highest BCUT2D eigenvalue weighted by Crippen LogP contribution is 2.30. The molecule has 2 aromatic rings. The molecular formula is C15H15ClN2OS. The van der Waals surface area contributed by atoms with E-state index >= 15 is 0 Å². The molecule has 1 aliphatic rings. The molecule has 1 heterocycles. The van der Waals surface area contributed by atoms with Gasteiger partial charge in [0, 0.05) is 4.88 Å². The van der Waals surface area contributed by atoms with Crippen LogP contribution in [0.4, 0.5) is 5.13 Å². The highest BCUT2D eigenvalue weighted by molar-refractivity contribution is 7.15. The number of aryl methyl sites for hydroxylation is 2. The summed E-state index contributed by atoms with van der Waals surface area (Å²) in [6.07, 6.45) is 4.49. The number of fused-ring (bicyclic) bond motifs is 1. The minimum absolute atomic E-state index is 0.219. The SMILES string of the molecule is O=C(Nc1nc2c(s1)CCCC2)C(Cl)c1ccccc1. The molecule has 3 nitrogen and oxygen atoms in total. The lowest BCUT2D eigenvalue weighted by molar-refractivity contribution is -0.116. The number of nitrogens with one attached hydrogen (secondary N) is 1. The largest absolute Gasteiger partial charge is 0.300 e. The molecule has 1 unspecified atom stereocenters. The first kappa shape index (κ1) is 13.6. The van der Waals surface area contributed by atoms with Gasteiger partial charge < -0.3 is 5.32 Å². The smallest absolute Gasteiger partial charge is 0.248 e. The predicted octanol–water partition coefficient (Wildman–Crippen LogP) is 3.94. The summed E-state index contributed by atoms with van der Waals surface area (Å²) >= 11 is 7.77. The van der Waals surface area contributed by atoms with Crippen LogP contribution in [0.5, 0.6) is 0 Å². The number of anilines is 1. The molecule has 104 valence electrons. The predicted molar refractivity (Wildman–Crippen MR) is 82.4 cm³/mol. The van der Waals surface area contributed by atoms with Crippen molar-refractivity contribution in [1.82, 2.24) is 4.98 Å². The maximum atomic E-state index is 12.1. The lowest BCUT2D eigenvalue weighted by Gasteiger charge is -2.08. The molecule has 0 aliphatic heterocycles. The third-order valence-corrected chi connectivity index (χ3v) is 4.92. The van der Waals surface area contributed by atoms with Gasteiger partial charge in [0.25, 0.3) is 0 Å². The number of thiazole rings is 1. The van der Waals surface area contributed by atoms with Crippen LogP contribution in [-0.2, 0) is 17.6 Å². The van der Waals surface area contributed by atoms with Crippen LogP contribution in [0.25, 0.3) is 0 Å². The molecule has 1 N–H and O–H groups in total. The molecule has 0 spiro atoms. The summed E-state index contributed by atoms with van der Waals surface area (Å²) < 4.78 is 0. The second-order valence-corrected chi connectivity index (χ2v) is 6.38. The van der Waals surface area contributed by atoms with Crippen LogP contribution >= 0.6 is 22.9 Å². The zero-order valence-corrected chi connectivity index (χ0v) is 12.5. The van der Waals surface area contributed by atoms with Crippen molar-refractivity contribution < 1.29 is 4.79 Å². The first-order valence-electron chi connectivity index (χ1n) is 6.72. The molecule has 1 aromatic heterocycles. The van der Waals surface area contributed by atoms with Gasteiger partial charge in [0.15, 0.2) is 5.13 Å². The van der Waals surface area contributed by atoms with E-state index in [-0.39, 0.29) is 5.91 Å². The van der Waals surface area contributed by atoms with Gasteiger partial charge in [-0.05, 0) is 31.2 Å². The highest BCUT2D eigenvalue weighted by Gasteiger charge is 2.21. The minimum Gasteiger partial charge on any atom is -0.300 e. The number of nitrogens with zero attached hydrogens (tertiary/aromatic N) is 1. The van der Waals surface area contributed by atoms with Crippen LogP contribution < -0.4 is 5.32 Å². The Morgan fingerprint density at radius 1 is 1.25 bits per heavy atom. The lowest BCUT2D eigenvalue weighted by Crippen LogP contribution is -2.17. The van der Waals surface area contributed by atoms with Crippen molar-refractivity contribution in [2.24, 2.45) is 0 Å². The molecule has 1 aliphatic carbocycles. The number of hydrogen-bond acceptors (Lipinski definition) is 3. The van der Waals surface area contributed by atoms with E-state index in [1.54, 1.807) is 11.3 Å². The Morgan fingerprint density at radius 2 is 2.00 bits per heavy atom. The first-order valence-corrected chi connectivity index (χ1v) is 7.98. The van der Waals surface area contributed by atoms with Gasteiger partial charge in [-0.15, -0.1) is 22.9 Å². The molecule has 20 heavy (non-hydrogen) atoms. The van der Waals surface area contributed by atoms with Gasteiger partial charge in [-0.2, -0.15) is 0 Å². The number of aromatic nitrogens is 1. The highest BCUT2D eigenvalue weighted by atomic mass is 35.5. The summed E-state index contributed by atoms with van der Waals surface area (Å²) in [6.45, 7) is 0. The van der Waals surface area contributed by atoms with Gasteiger partial charge >= 0.3 is 0 Å². The average Bonchev–Trinajstić information content (AvgIpc) is 2.89. The van der Waals surface area contributed by atoms with E-state index in [0.717, 1.165) is 24.1 Å². The average molecular weight is 307 g/mol. The van der Waals surface area contributed by atoms with E-state index in [1.165, 1.54) is 17.7 Å². The molecule has 0 radical (unpaired) electrons. The maximum absolute atomic E-state index is 12.1. The van der Waals surface area contributed by atoms with Gasteiger partial charge in [-0.1, -0.05) is 30.3 Å². The van der Waals surface area contributed by atoms with Crippen LogP contribution in [0.3, 0.4) is 0 Å². The zero-order chi connectivity index (χ0) is 13.9. The Kier molecular flexibility index (Phi) is 4.03. The fourth-order valence-corrected chi connectivity index (χ4v) is 3.60. The monoisotopic (exact) mass is 306 g/mol. The molecule has 1 atom stereocenters. The van der Waals surface area contributed by atoms with Gasteiger partial charge in [-0.3, -0.25) is 4.79 Å². The van der Waals surface area contributed by atoms with E-state index in [2.05, 4.69) is 10.3 Å². The summed E-state index contributed by atoms with van der Waals surface area (Å²) in [5.41, 5.74) is 1.94. The second kappa shape index (κ2) is 5.94. The molecule has 0 saturated carbocycles. The van der Waals surface area contributed by atoms with Crippen molar-refractivity contribution in [2.45, 2.75) is 31.1 Å². The van der Waals surface area contributed by atoms with E-state index in [9.17, 15) is 4.79 Å². The number of alkyl halides is 1. The summed E-state index contributed by atoms with van der Waals surface area (Å²) in [4.78, 5) is 17.9. The van der Waals surface area contributed by atoms with Gasteiger partial charge in [-0.25, -0.2) is 4.98 Å². The van der Waals surface area contributed by atoms with Crippen molar-refractivity contribution >= 4 is 34.0 Å². The number of amides is 1. The topological polar surface area (TPSA) is 42.0 Å². The van der Waals surface area contributed by atoms with Crippen LogP contribution in [0.1, 0.15) is 34.4 Å². The second-order valence-electron chi connectivity index (χ2n) is 4.86. The fourth-order valence-electron chi connectivity index (χ4n) is 2.35. The van der Waals surface area contributed by atoms with Gasteiger partial charge in [0.1, 0.15) is 5.38 Å². The van der Waals surface area contributed by atoms with E-state index in [4.69, 9.17) is 11.6 Å². The molecule has 0 fully saturated rings. The van der Waals surface area contributed by atoms with Crippen molar-refractivity contribution in [3.8, 4) is 0 Å². The summed E-state index contributed by atoms with van der Waals surface area (Å²) in [7, 11) is 0. The number of rotatable bonds is 3. The van der Waals surface area contributed by atoms with Crippen molar-refractivity contribution in [1.29, 1.82) is 0 Å². The van der Waals surface area contributed by atoms with E-state index < -0.39 is 5.38 Å². The number of halogens is 1. The molecule has 5 heteroatoms.